The van der Waals surface area contributed by atoms with Crippen molar-refractivity contribution in [1.82, 2.24) is 10.6 Å². The average molecular weight is 2050 g/mol. The third kappa shape index (κ3) is 27.7. The molecule has 2 atom stereocenters. The van der Waals surface area contributed by atoms with E-state index in [0.29, 0.717) is 26.7 Å². The van der Waals surface area contributed by atoms with Gasteiger partial charge in [-0.2, -0.15) is 0 Å². The van der Waals surface area contributed by atoms with Gasteiger partial charge in [-0.1, -0.05) is 481 Å². The van der Waals surface area contributed by atoms with Crippen LogP contribution in [0.3, 0.4) is 0 Å². The summed E-state index contributed by atoms with van der Waals surface area (Å²) in [5, 5.41) is 62.9. The third-order valence-corrected chi connectivity index (χ3v) is 34.3. The number of halogens is 3. The quantitative estimate of drug-likeness (QED) is 0.0332. The Morgan fingerprint density at radius 3 is 0.726 bits per heavy atom. The molecule has 0 spiro atoms. The Labute approximate surface area is 836 Å². The Kier molecular flexibility index (Phi) is 40.1. The van der Waals surface area contributed by atoms with Crippen molar-refractivity contribution >= 4 is 170 Å². The summed E-state index contributed by atoms with van der Waals surface area (Å²) in [4.78, 5) is 25.2. The van der Waals surface area contributed by atoms with E-state index in [-0.39, 0.29) is 55.6 Å². The minimum atomic E-state index is -1.41. The van der Waals surface area contributed by atoms with E-state index in [4.69, 9.17) is 33.2 Å². The van der Waals surface area contributed by atoms with Crippen molar-refractivity contribution in [1.29, 1.82) is 0 Å². The van der Waals surface area contributed by atoms with Gasteiger partial charge in [0.2, 0.25) is 0 Å². The number of hydrogen-bond acceptors (Lipinski definition) is 6. The van der Waals surface area contributed by atoms with E-state index < -0.39 is 49.9 Å². The van der Waals surface area contributed by atoms with Crippen LogP contribution in [0.1, 0.15) is 88.8 Å². The second-order valence-corrected chi connectivity index (χ2v) is 43.8. The van der Waals surface area contributed by atoms with E-state index in [2.05, 4.69) is 417 Å². The van der Waals surface area contributed by atoms with Gasteiger partial charge in [-0.25, -0.2) is 0 Å². The van der Waals surface area contributed by atoms with Gasteiger partial charge in [0, 0.05) is 34.9 Å². The Balaban J connectivity index is 0.000000153. The second kappa shape index (κ2) is 51.8. The van der Waals surface area contributed by atoms with E-state index in [0.717, 1.165) is 61.8 Å². The van der Waals surface area contributed by atoms with E-state index >= 15 is 0 Å². The minimum Gasteiger partial charge on any atom is -0.509 e. The molecule has 0 aromatic heterocycles. The smallest absolute Gasteiger partial charge is 0.488 e. The van der Waals surface area contributed by atoms with Gasteiger partial charge < -0.3 is 30.9 Å². The second-order valence-electron chi connectivity index (χ2n) is 33.2. The zero-order chi connectivity index (χ0) is 95.1. The first-order valence-corrected chi connectivity index (χ1v) is 52.0. The van der Waals surface area contributed by atoms with Crippen LogP contribution >= 0.6 is 70.8 Å². The van der Waals surface area contributed by atoms with Crippen molar-refractivity contribution in [3.05, 3.63) is 496 Å². The average Bonchev–Trinajstić information content (AvgIpc) is 1.59. The van der Waals surface area contributed by atoms with Crippen molar-refractivity contribution < 1.29 is 50.3 Å². The molecule has 8 nitrogen and oxygen atoms in total. The van der Waals surface area contributed by atoms with Crippen molar-refractivity contribution in [2.24, 2.45) is 11.8 Å². The predicted octanol–water partition coefficient (Wildman–Crippen LogP) is 23.6. The number of carbonyl (C=O) groups excluding carboxylic acids is 2. The zero-order valence-corrected chi connectivity index (χ0v) is 85.8. The van der Waals surface area contributed by atoms with E-state index in [1.807, 2.05) is 91.8 Å². The topological polar surface area (TPSA) is 139 Å². The van der Waals surface area contributed by atoms with Crippen LogP contribution in [-0.4, -0.2) is 50.3 Å². The van der Waals surface area contributed by atoms with Crippen LogP contribution in [-0.2, 0) is 42.9 Å². The van der Waals surface area contributed by atoms with Crippen LogP contribution in [0.5, 0.6) is 0 Å². The van der Waals surface area contributed by atoms with Crippen LogP contribution in [0, 0.1) is 25.7 Å². The molecular formula is C118H114BBrCl2N2O6P4Pd. The molecule has 2 aliphatic rings. The standard InChI is InChI=1S/C23H26ClNO2.4C18H15P.C17H22BrNO2.C6H6BClO2.Pd/c1-6-15-12-17(16-7-9-18(24)10-8-16)11-14(4)19(15)20-21(26)23(5,13(2)3)25-22(20)27;4*1-4-10-16(11-5-1)19(17-12-6-2-7-13-17)18-14-8-3-9-15-18;1-6-11-8-12(18)7-10(4)13(11)14-15(20)17(5,9(2)3)19-16(14)21;8-6-3-1-5(2-4-6)7(9)10;/h7-13,26H,6H2,1-5H3,(H,25,27);4*1-15H;7-9,20H,6H2,1-5H3,(H,19,21);1-4,9-10H;. The summed E-state index contributed by atoms with van der Waals surface area (Å²) in [5.74, 6) is 0.0872. The molecule has 2 amide bonds. The van der Waals surface area contributed by atoms with Gasteiger partial charge in [0.25, 0.3) is 11.8 Å². The maximum atomic E-state index is 12.8. The summed E-state index contributed by atoms with van der Waals surface area (Å²) >= 11 is 15.1. The molecule has 0 bridgehead atoms. The van der Waals surface area contributed by atoms with Crippen molar-refractivity contribution in [2.75, 3.05) is 0 Å². The Bertz CT molecular complexity index is 5600. The van der Waals surface area contributed by atoms with Gasteiger partial charge in [-0.05, 0) is 234 Å². The summed E-state index contributed by atoms with van der Waals surface area (Å²) in [7, 11) is -3.19. The predicted molar refractivity (Wildman–Crippen MR) is 583 cm³/mol. The number of rotatable bonds is 20. The van der Waals surface area contributed by atoms with E-state index in [1.54, 1.807) is 24.3 Å². The van der Waals surface area contributed by atoms with Gasteiger partial charge in [0.1, 0.15) is 11.5 Å². The molecule has 0 radical (unpaired) electrons. The molecule has 0 saturated carbocycles. The van der Waals surface area contributed by atoms with Crippen molar-refractivity contribution in [2.45, 2.75) is 93.2 Å². The number of benzene rings is 16. The number of carbonyl (C=O) groups is 2. The molecule has 18 rings (SSSR count). The van der Waals surface area contributed by atoms with Crippen LogP contribution < -0.4 is 79.8 Å². The monoisotopic (exact) mass is 2040 g/mol. The summed E-state index contributed by atoms with van der Waals surface area (Å²) in [6, 6.07) is 152. The van der Waals surface area contributed by atoms with Crippen LogP contribution in [0.4, 0.5) is 0 Å². The molecule has 16 aromatic carbocycles. The summed E-state index contributed by atoms with van der Waals surface area (Å²) in [6.45, 7) is 19.8. The Morgan fingerprint density at radius 1 is 0.319 bits per heavy atom. The normalized spacial score (nSPS) is 14.1. The number of aliphatic hydroxyl groups is 2. The number of amides is 2. The summed E-state index contributed by atoms with van der Waals surface area (Å²) in [5.41, 5.74) is 7.77. The first-order chi connectivity index (χ1) is 64.9. The number of nitrogens with one attached hydrogen (secondary N) is 2. The summed E-state index contributed by atoms with van der Waals surface area (Å²) < 4.78 is 0.991. The fourth-order valence-corrected chi connectivity index (χ4v) is 25.9. The first kappa shape index (κ1) is 104. The van der Waals surface area contributed by atoms with Crippen molar-refractivity contribution in [3.8, 4) is 11.1 Å². The van der Waals surface area contributed by atoms with Gasteiger partial charge in [-0.15, -0.1) is 0 Å². The van der Waals surface area contributed by atoms with Gasteiger partial charge >= 0.3 is 7.12 Å². The fraction of sp³-hybridized carbons (Fsp3) is 0.136. The number of aliphatic hydroxyl groups excluding tert-OH is 2. The number of aryl methyl sites for hydroxylation is 4. The molecule has 0 aliphatic carbocycles. The maximum Gasteiger partial charge on any atom is 0.488 e. The van der Waals surface area contributed by atoms with E-state index in [1.165, 1.54) is 63.7 Å². The Hall–Kier alpha value is -11.0. The van der Waals surface area contributed by atoms with E-state index in [9.17, 15) is 19.8 Å². The first-order valence-electron chi connectivity index (χ1n) is 45.0. The SMILES string of the molecule is CCc1cc(-c2ccc(Cl)cc2)cc(C)c1C1=C(O)C(C)(C(C)C)NC1=O.CCc1cc(Br)cc(C)c1C1=C(O)C(C)(C(C)C)NC1=O.OB(O)c1ccc(Cl)cc1.[Pd].c1ccc(P(c2ccccc2)c2ccccc2)cc1.c1ccc(P(c2ccccc2)c2ccccc2)cc1.c1ccc(P(c2ccccc2)c2ccccc2)cc1.c1ccc(P(c2ccccc2)c2ccccc2)cc1. The minimum absolute atomic E-state index is 0. The molecule has 17 heteroatoms. The molecule has 0 fully saturated rings. The van der Waals surface area contributed by atoms with Crippen LogP contribution in [0.15, 0.2) is 453 Å². The third-order valence-electron chi connectivity index (χ3n) is 23.5. The zero-order valence-electron chi connectivity index (χ0n) is 77.6. The van der Waals surface area contributed by atoms with Crippen LogP contribution in [0.25, 0.3) is 22.3 Å². The van der Waals surface area contributed by atoms with Gasteiger partial charge in [-0.3, -0.25) is 9.59 Å². The molecular weight excluding hydrogens is 1930 g/mol. The molecule has 2 heterocycles. The summed E-state index contributed by atoms with van der Waals surface area (Å²) in [6.07, 6.45) is 1.57. The number of hydrogen-bond donors (Lipinski definition) is 6. The largest absolute Gasteiger partial charge is 0.509 e. The molecule has 2 aliphatic heterocycles. The molecule has 2 unspecified atom stereocenters. The Morgan fingerprint density at radius 2 is 0.526 bits per heavy atom. The molecule has 0 saturated heterocycles. The van der Waals surface area contributed by atoms with Gasteiger partial charge in [0.15, 0.2) is 0 Å². The maximum absolute atomic E-state index is 12.8. The van der Waals surface area contributed by atoms with Gasteiger partial charge in [0.05, 0.1) is 22.2 Å². The fourth-order valence-electron chi connectivity index (χ4n) is 15.9. The van der Waals surface area contributed by atoms with Crippen molar-refractivity contribution in [3.63, 3.8) is 0 Å². The molecule has 16 aromatic rings. The molecule has 6 N–H and O–H groups in total. The molecule has 135 heavy (non-hydrogen) atoms. The van der Waals surface area contributed by atoms with Crippen LogP contribution in [0.2, 0.25) is 10.0 Å². The molecule has 686 valence electrons.